The normalized spacial score (nSPS) is 17.1. The molecule has 1 saturated heterocycles. The number of hydrogen-bond acceptors (Lipinski definition) is 3. The van der Waals surface area contributed by atoms with Crippen molar-refractivity contribution < 1.29 is 9.53 Å². The molecule has 0 N–H and O–H groups in total. The highest BCUT2D eigenvalue weighted by Crippen LogP contribution is 2.20. The maximum absolute atomic E-state index is 11.9. The van der Waals surface area contributed by atoms with Crippen LogP contribution in [0.3, 0.4) is 0 Å². The molecule has 0 saturated carbocycles. The lowest BCUT2D eigenvalue weighted by Crippen LogP contribution is -2.44. The van der Waals surface area contributed by atoms with Gasteiger partial charge in [-0.1, -0.05) is 66.7 Å². The van der Waals surface area contributed by atoms with Crippen LogP contribution in [0.1, 0.15) is 17.5 Å². The molecule has 0 aliphatic carbocycles. The summed E-state index contributed by atoms with van der Waals surface area (Å²) in [5.74, 6) is 0. The lowest BCUT2D eigenvalue weighted by atomic mass is 10.1. The van der Waals surface area contributed by atoms with Gasteiger partial charge in [0.2, 0.25) is 0 Å². The zero-order valence-electron chi connectivity index (χ0n) is 16.3. The molecule has 1 fully saturated rings. The fourth-order valence-corrected chi connectivity index (χ4v) is 3.76. The third-order valence-electron chi connectivity index (χ3n) is 5.30. The average Bonchev–Trinajstić information content (AvgIpc) is 2.71. The Bertz CT molecular complexity index is 942. The van der Waals surface area contributed by atoms with E-state index in [1.54, 1.807) is 11.9 Å². The minimum absolute atomic E-state index is 0.0622. The Balaban J connectivity index is 1.52. The molecule has 0 unspecified atom stereocenters. The number of benzene rings is 3. The molecule has 1 atom stereocenters. The molecule has 144 valence electrons. The van der Waals surface area contributed by atoms with Crippen LogP contribution in [0.5, 0.6) is 0 Å². The molecule has 1 heterocycles. The number of ether oxygens (including phenoxy) is 1. The summed E-state index contributed by atoms with van der Waals surface area (Å²) in [6, 6.07) is 25.5. The van der Waals surface area contributed by atoms with E-state index in [-0.39, 0.29) is 12.2 Å². The van der Waals surface area contributed by atoms with Crippen molar-refractivity contribution in [1.82, 2.24) is 9.80 Å². The van der Waals surface area contributed by atoms with E-state index in [9.17, 15) is 4.79 Å². The standard InChI is InChI=1S/C24H26N2O2/c1-25-14-13-23(28-24(25)27)18-26(16-19-7-3-2-4-8-19)17-20-11-12-21-9-5-6-10-22(21)15-20/h2-12,15,23H,13-14,16-18H2,1H3/t23-/m0/s1. The zero-order valence-corrected chi connectivity index (χ0v) is 16.3. The molecule has 1 aliphatic rings. The molecule has 1 aliphatic heterocycles. The molecule has 28 heavy (non-hydrogen) atoms. The molecule has 0 radical (unpaired) electrons. The first kappa shape index (κ1) is 18.5. The van der Waals surface area contributed by atoms with Crippen molar-refractivity contribution in [3.63, 3.8) is 0 Å². The number of amides is 1. The van der Waals surface area contributed by atoms with Gasteiger partial charge >= 0.3 is 6.09 Å². The predicted octanol–water partition coefficient (Wildman–Crippen LogP) is 4.68. The monoisotopic (exact) mass is 374 g/mol. The molecule has 4 nitrogen and oxygen atoms in total. The van der Waals surface area contributed by atoms with Crippen LogP contribution < -0.4 is 0 Å². The Morgan fingerprint density at radius 2 is 1.64 bits per heavy atom. The van der Waals surface area contributed by atoms with E-state index >= 15 is 0 Å². The highest BCUT2D eigenvalue weighted by atomic mass is 16.6. The summed E-state index contributed by atoms with van der Waals surface area (Å²) >= 11 is 0. The lowest BCUT2D eigenvalue weighted by Gasteiger charge is -2.33. The molecular weight excluding hydrogens is 348 g/mol. The van der Waals surface area contributed by atoms with Crippen LogP contribution in [-0.4, -0.2) is 42.1 Å². The third-order valence-corrected chi connectivity index (χ3v) is 5.30. The largest absolute Gasteiger partial charge is 0.445 e. The maximum atomic E-state index is 11.9. The SMILES string of the molecule is CN1CC[C@@H](CN(Cc2ccccc2)Cc2ccc3ccccc3c2)OC1=O. The van der Waals surface area contributed by atoms with Crippen LogP contribution >= 0.6 is 0 Å². The number of hydrogen-bond donors (Lipinski definition) is 0. The molecule has 4 heteroatoms. The number of carbonyl (C=O) groups excluding carboxylic acids is 1. The first-order chi connectivity index (χ1) is 13.7. The topological polar surface area (TPSA) is 32.8 Å². The molecule has 3 aromatic rings. The Morgan fingerprint density at radius 3 is 2.43 bits per heavy atom. The lowest BCUT2D eigenvalue weighted by molar-refractivity contribution is 0.0124. The summed E-state index contributed by atoms with van der Waals surface area (Å²) in [4.78, 5) is 16.0. The van der Waals surface area contributed by atoms with Gasteiger partial charge in [-0.3, -0.25) is 4.90 Å². The second-order valence-electron chi connectivity index (χ2n) is 7.55. The van der Waals surface area contributed by atoms with Gasteiger partial charge in [0.05, 0.1) is 0 Å². The van der Waals surface area contributed by atoms with E-state index in [0.717, 1.165) is 32.6 Å². The summed E-state index contributed by atoms with van der Waals surface area (Å²) in [7, 11) is 1.79. The quantitative estimate of drug-likeness (QED) is 0.628. The molecule has 0 aromatic heterocycles. The van der Waals surface area contributed by atoms with Crippen LogP contribution in [0.2, 0.25) is 0 Å². The number of fused-ring (bicyclic) bond motifs is 1. The van der Waals surface area contributed by atoms with Crippen molar-refractivity contribution in [3.05, 3.63) is 83.9 Å². The van der Waals surface area contributed by atoms with Gasteiger partial charge in [-0.05, 0) is 28.0 Å². The Labute approximate surface area is 166 Å². The van der Waals surface area contributed by atoms with Gasteiger partial charge in [-0.25, -0.2) is 4.79 Å². The third kappa shape index (κ3) is 4.52. The van der Waals surface area contributed by atoms with E-state index in [1.165, 1.54) is 21.9 Å². The van der Waals surface area contributed by atoms with Gasteiger partial charge in [0.1, 0.15) is 6.10 Å². The van der Waals surface area contributed by atoms with Crippen molar-refractivity contribution in [1.29, 1.82) is 0 Å². The molecular formula is C24H26N2O2. The zero-order chi connectivity index (χ0) is 19.3. The van der Waals surface area contributed by atoms with E-state index in [4.69, 9.17) is 4.74 Å². The molecule has 4 rings (SSSR count). The number of carbonyl (C=O) groups is 1. The minimum atomic E-state index is -0.221. The van der Waals surface area contributed by atoms with E-state index in [1.807, 2.05) is 6.07 Å². The van der Waals surface area contributed by atoms with Crippen LogP contribution in [0.4, 0.5) is 4.79 Å². The Morgan fingerprint density at radius 1 is 0.929 bits per heavy atom. The second kappa shape index (κ2) is 8.44. The van der Waals surface area contributed by atoms with Gasteiger partial charge in [-0.2, -0.15) is 0 Å². The number of rotatable bonds is 6. The summed E-state index contributed by atoms with van der Waals surface area (Å²) in [6.07, 6.45) is 0.583. The summed E-state index contributed by atoms with van der Waals surface area (Å²) in [5, 5.41) is 2.51. The highest BCUT2D eigenvalue weighted by Gasteiger charge is 2.26. The molecule has 3 aromatic carbocycles. The van der Waals surface area contributed by atoms with Gasteiger partial charge < -0.3 is 9.64 Å². The van der Waals surface area contributed by atoms with Gasteiger partial charge in [-0.15, -0.1) is 0 Å². The predicted molar refractivity (Wildman–Crippen MR) is 112 cm³/mol. The number of cyclic esters (lactones) is 1. The van der Waals surface area contributed by atoms with E-state index < -0.39 is 0 Å². The summed E-state index contributed by atoms with van der Waals surface area (Å²) in [6.45, 7) is 3.14. The van der Waals surface area contributed by atoms with Gasteiger partial charge in [0, 0.05) is 39.6 Å². The average molecular weight is 374 g/mol. The summed E-state index contributed by atoms with van der Waals surface area (Å²) in [5.41, 5.74) is 2.54. The van der Waals surface area contributed by atoms with Crippen LogP contribution in [-0.2, 0) is 17.8 Å². The van der Waals surface area contributed by atoms with Crippen molar-refractivity contribution in [3.8, 4) is 0 Å². The van der Waals surface area contributed by atoms with Crippen molar-refractivity contribution in [2.75, 3.05) is 20.1 Å². The highest BCUT2D eigenvalue weighted by molar-refractivity contribution is 5.82. The van der Waals surface area contributed by atoms with E-state index in [2.05, 4.69) is 71.6 Å². The van der Waals surface area contributed by atoms with E-state index in [0.29, 0.717) is 0 Å². The molecule has 1 amide bonds. The Kier molecular flexibility index (Phi) is 5.58. The fraction of sp³-hybridized carbons (Fsp3) is 0.292. The van der Waals surface area contributed by atoms with Gasteiger partial charge in [0.15, 0.2) is 0 Å². The second-order valence-corrected chi connectivity index (χ2v) is 7.55. The molecule has 0 bridgehead atoms. The Hall–Kier alpha value is -2.85. The number of nitrogens with zero attached hydrogens (tertiary/aromatic N) is 2. The first-order valence-electron chi connectivity index (χ1n) is 9.83. The minimum Gasteiger partial charge on any atom is -0.445 e. The maximum Gasteiger partial charge on any atom is 0.409 e. The van der Waals surface area contributed by atoms with Crippen molar-refractivity contribution in [2.24, 2.45) is 0 Å². The van der Waals surface area contributed by atoms with Crippen LogP contribution in [0, 0.1) is 0 Å². The smallest absolute Gasteiger partial charge is 0.409 e. The van der Waals surface area contributed by atoms with Crippen LogP contribution in [0.25, 0.3) is 10.8 Å². The van der Waals surface area contributed by atoms with Crippen molar-refractivity contribution >= 4 is 16.9 Å². The van der Waals surface area contributed by atoms with Gasteiger partial charge in [0.25, 0.3) is 0 Å². The van der Waals surface area contributed by atoms with Crippen LogP contribution in [0.15, 0.2) is 72.8 Å². The fourth-order valence-electron chi connectivity index (χ4n) is 3.76. The summed E-state index contributed by atoms with van der Waals surface area (Å²) < 4.78 is 5.62. The first-order valence-corrected chi connectivity index (χ1v) is 9.83. The van der Waals surface area contributed by atoms with Crippen molar-refractivity contribution in [2.45, 2.75) is 25.6 Å². The molecule has 0 spiro atoms.